The third-order valence-electron chi connectivity index (χ3n) is 4.56. The maximum atomic E-state index is 11.9. The van der Waals surface area contributed by atoms with Crippen LogP contribution in [0.3, 0.4) is 0 Å². The smallest absolute Gasteiger partial charge is 0.321 e. The topological polar surface area (TPSA) is 52.7 Å². The van der Waals surface area contributed by atoms with Crippen molar-refractivity contribution in [2.75, 3.05) is 26.2 Å². The molecule has 122 valence electrons. The van der Waals surface area contributed by atoms with E-state index >= 15 is 0 Å². The highest BCUT2D eigenvalue weighted by Gasteiger charge is 2.31. The van der Waals surface area contributed by atoms with Crippen molar-refractivity contribution >= 4 is 18.0 Å². The molecule has 0 aliphatic carbocycles. The van der Waals surface area contributed by atoms with Gasteiger partial charge < -0.3 is 4.90 Å². The maximum absolute atomic E-state index is 11.9. The van der Waals surface area contributed by atoms with Gasteiger partial charge in [-0.25, -0.2) is 4.79 Å². The van der Waals surface area contributed by atoms with E-state index in [1.165, 1.54) is 5.56 Å². The van der Waals surface area contributed by atoms with E-state index in [1.54, 1.807) is 0 Å². The van der Waals surface area contributed by atoms with Gasteiger partial charge in [0.25, 0.3) is 0 Å². The van der Waals surface area contributed by atoms with Gasteiger partial charge in [0.15, 0.2) is 0 Å². The van der Waals surface area contributed by atoms with Gasteiger partial charge in [-0.15, -0.1) is 0 Å². The van der Waals surface area contributed by atoms with E-state index in [0.29, 0.717) is 13.0 Å². The van der Waals surface area contributed by atoms with Gasteiger partial charge in [0.05, 0.1) is 0 Å². The lowest BCUT2D eigenvalue weighted by Gasteiger charge is -2.39. The van der Waals surface area contributed by atoms with E-state index in [2.05, 4.69) is 34.5 Å². The summed E-state index contributed by atoms with van der Waals surface area (Å²) in [5.41, 5.74) is 1.22. The Labute approximate surface area is 137 Å². The van der Waals surface area contributed by atoms with Crippen LogP contribution in [0.1, 0.15) is 24.8 Å². The van der Waals surface area contributed by atoms with E-state index in [1.807, 2.05) is 23.1 Å². The Balaban J connectivity index is 1.44. The van der Waals surface area contributed by atoms with E-state index in [-0.39, 0.29) is 18.0 Å². The van der Waals surface area contributed by atoms with Crippen LogP contribution in [0.25, 0.3) is 6.08 Å². The molecule has 0 radical (unpaired) electrons. The van der Waals surface area contributed by atoms with Gasteiger partial charge in [0, 0.05) is 38.6 Å². The minimum Gasteiger partial charge on any atom is -0.321 e. The molecule has 0 aromatic heterocycles. The monoisotopic (exact) mass is 313 g/mol. The van der Waals surface area contributed by atoms with Gasteiger partial charge in [0.1, 0.15) is 0 Å². The van der Waals surface area contributed by atoms with E-state index < -0.39 is 0 Å². The predicted molar refractivity (Wildman–Crippen MR) is 89.8 cm³/mol. The molecule has 0 unspecified atom stereocenters. The van der Waals surface area contributed by atoms with Crippen LogP contribution in [-0.4, -0.2) is 54.0 Å². The Morgan fingerprint density at radius 3 is 2.52 bits per heavy atom. The minimum atomic E-state index is -0.219. The molecule has 2 aliphatic heterocycles. The molecule has 1 aromatic rings. The van der Waals surface area contributed by atoms with Crippen molar-refractivity contribution in [1.29, 1.82) is 0 Å². The summed E-state index contributed by atoms with van der Waals surface area (Å²) in [6.07, 6.45) is 6.71. The molecule has 23 heavy (non-hydrogen) atoms. The number of imide groups is 1. The van der Waals surface area contributed by atoms with Gasteiger partial charge in [-0.2, -0.15) is 0 Å². The van der Waals surface area contributed by atoms with Crippen LogP contribution >= 0.6 is 0 Å². The van der Waals surface area contributed by atoms with Crippen molar-refractivity contribution in [2.24, 2.45) is 0 Å². The van der Waals surface area contributed by atoms with Gasteiger partial charge in [0.2, 0.25) is 5.91 Å². The van der Waals surface area contributed by atoms with Gasteiger partial charge in [-0.1, -0.05) is 42.5 Å². The van der Waals surface area contributed by atoms with Gasteiger partial charge in [-0.3, -0.25) is 15.0 Å². The minimum absolute atomic E-state index is 0.158. The molecule has 2 saturated heterocycles. The molecule has 2 heterocycles. The number of nitrogens with one attached hydrogen (secondary N) is 1. The molecule has 0 saturated carbocycles. The molecule has 1 aromatic carbocycles. The first-order valence-electron chi connectivity index (χ1n) is 8.27. The fourth-order valence-corrected chi connectivity index (χ4v) is 3.24. The number of carbonyl (C=O) groups excluding carboxylic acids is 2. The van der Waals surface area contributed by atoms with Crippen LogP contribution in [0.5, 0.6) is 0 Å². The van der Waals surface area contributed by atoms with Crippen LogP contribution in [0, 0.1) is 0 Å². The number of benzene rings is 1. The van der Waals surface area contributed by atoms with Crippen LogP contribution in [-0.2, 0) is 4.79 Å². The summed E-state index contributed by atoms with van der Waals surface area (Å²) in [5, 5.41) is 2.41. The summed E-state index contributed by atoms with van der Waals surface area (Å²) in [7, 11) is 0. The maximum Gasteiger partial charge on any atom is 0.324 e. The third-order valence-corrected chi connectivity index (χ3v) is 4.56. The Hall–Kier alpha value is -2.14. The summed E-state index contributed by atoms with van der Waals surface area (Å²) in [6, 6.07) is 10.3. The predicted octanol–water partition coefficient (Wildman–Crippen LogP) is 2.11. The first-order chi connectivity index (χ1) is 11.2. The van der Waals surface area contributed by atoms with Crippen molar-refractivity contribution < 1.29 is 9.59 Å². The molecule has 0 spiro atoms. The number of amides is 3. The van der Waals surface area contributed by atoms with E-state index in [9.17, 15) is 9.59 Å². The van der Waals surface area contributed by atoms with Crippen molar-refractivity contribution in [2.45, 2.75) is 25.3 Å². The van der Waals surface area contributed by atoms with Crippen molar-refractivity contribution in [3.05, 3.63) is 42.0 Å². The van der Waals surface area contributed by atoms with Crippen molar-refractivity contribution in [3.63, 3.8) is 0 Å². The largest absolute Gasteiger partial charge is 0.324 e. The van der Waals surface area contributed by atoms with Crippen LogP contribution in [0.4, 0.5) is 4.79 Å². The second kappa shape index (κ2) is 7.42. The summed E-state index contributed by atoms with van der Waals surface area (Å²) < 4.78 is 0. The molecule has 5 nitrogen and oxygen atoms in total. The quantitative estimate of drug-likeness (QED) is 0.926. The number of carbonyl (C=O) groups is 2. The van der Waals surface area contributed by atoms with E-state index in [0.717, 1.165) is 32.5 Å². The Morgan fingerprint density at radius 2 is 1.83 bits per heavy atom. The third kappa shape index (κ3) is 4.20. The summed E-state index contributed by atoms with van der Waals surface area (Å²) >= 11 is 0. The number of urea groups is 1. The highest BCUT2D eigenvalue weighted by atomic mass is 16.2. The number of likely N-dealkylation sites (tertiary alicyclic amines) is 1. The zero-order valence-electron chi connectivity index (χ0n) is 13.3. The molecule has 3 amide bonds. The molecule has 2 fully saturated rings. The zero-order chi connectivity index (χ0) is 16.1. The lowest BCUT2D eigenvalue weighted by atomic mass is 10.0. The lowest BCUT2D eigenvalue weighted by molar-refractivity contribution is -0.121. The average molecular weight is 313 g/mol. The molecule has 2 aliphatic rings. The zero-order valence-corrected chi connectivity index (χ0v) is 13.3. The SMILES string of the molecule is O=C1CCN(C2CCN(CC=Cc3ccccc3)CC2)C(=O)N1. The molecule has 0 bridgehead atoms. The fraction of sp³-hybridized carbons (Fsp3) is 0.444. The van der Waals surface area contributed by atoms with Crippen LogP contribution < -0.4 is 5.32 Å². The van der Waals surface area contributed by atoms with Crippen molar-refractivity contribution in [1.82, 2.24) is 15.1 Å². The normalized spacial score (nSPS) is 21.0. The summed E-state index contributed by atoms with van der Waals surface area (Å²) in [5.74, 6) is -0.158. The number of rotatable bonds is 4. The first-order valence-corrected chi connectivity index (χ1v) is 8.27. The van der Waals surface area contributed by atoms with Crippen LogP contribution in [0.15, 0.2) is 36.4 Å². The Bertz CT molecular complexity index is 577. The number of nitrogens with zero attached hydrogens (tertiary/aromatic N) is 2. The lowest BCUT2D eigenvalue weighted by Crippen LogP contribution is -2.55. The second-order valence-electron chi connectivity index (χ2n) is 6.14. The average Bonchev–Trinajstić information content (AvgIpc) is 2.57. The number of hydrogen-bond donors (Lipinski definition) is 1. The van der Waals surface area contributed by atoms with E-state index in [4.69, 9.17) is 0 Å². The van der Waals surface area contributed by atoms with Crippen molar-refractivity contribution in [3.8, 4) is 0 Å². The molecule has 5 heteroatoms. The highest BCUT2D eigenvalue weighted by Crippen LogP contribution is 2.18. The number of hydrogen-bond acceptors (Lipinski definition) is 3. The van der Waals surface area contributed by atoms with Crippen LogP contribution in [0.2, 0.25) is 0 Å². The standard InChI is InChI=1S/C18H23N3O2/c22-17-10-14-21(18(23)19-17)16-8-12-20(13-9-16)11-4-7-15-5-2-1-3-6-15/h1-7,16H,8-14H2,(H,19,22,23). The first kappa shape index (κ1) is 15.7. The fourth-order valence-electron chi connectivity index (χ4n) is 3.24. The summed E-state index contributed by atoms with van der Waals surface area (Å²) in [6.45, 7) is 3.47. The molecular formula is C18H23N3O2. The Kier molecular flexibility index (Phi) is 5.08. The second-order valence-corrected chi connectivity index (χ2v) is 6.14. The molecular weight excluding hydrogens is 290 g/mol. The number of piperidine rings is 1. The van der Waals surface area contributed by atoms with Gasteiger partial charge in [-0.05, 0) is 18.4 Å². The Morgan fingerprint density at radius 1 is 1.09 bits per heavy atom. The van der Waals surface area contributed by atoms with Gasteiger partial charge >= 0.3 is 6.03 Å². The molecule has 3 rings (SSSR count). The highest BCUT2D eigenvalue weighted by molar-refractivity contribution is 5.96. The molecule has 0 atom stereocenters. The summed E-state index contributed by atoms with van der Waals surface area (Å²) in [4.78, 5) is 27.3. The molecule has 1 N–H and O–H groups in total.